The number of carbonyl (C=O) groups excluding carboxylic acids is 2. The van der Waals surface area contributed by atoms with Gasteiger partial charge in [0.05, 0.1) is 25.1 Å². The zero-order chi connectivity index (χ0) is 24.4. The number of likely N-dealkylation sites (tertiary alicyclic amines) is 1. The minimum Gasteiger partial charge on any atom is -0.507 e. The fourth-order valence-electron chi connectivity index (χ4n) is 4.43. The number of rotatable bonds is 7. The van der Waals surface area contributed by atoms with Crippen LogP contribution in [0.25, 0.3) is 5.76 Å². The SMILES string of the molecule is COc1ccc(C2/C(=C(/O)c3ccc4c(c3)OCCO4)C(=O)C(=O)N2CCCn2ccnc2)cc1. The first-order valence-corrected chi connectivity index (χ1v) is 11.3. The van der Waals surface area contributed by atoms with Crippen molar-refractivity contribution in [2.45, 2.75) is 19.0 Å². The lowest BCUT2D eigenvalue weighted by Gasteiger charge is -2.25. The Morgan fingerprint density at radius 2 is 1.86 bits per heavy atom. The Morgan fingerprint density at radius 1 is 1.09 bits per heavy atom. The van der Waals surface area contributed by atoms with Gasteiger partial charge in [0.15, 0.2) is 11.5 Å². The Morgan fingerprint density at radius 3 is 2.57 bits per heavy atom. The number of aliphatic hydroxyl groups excluding tert-OH is 1. The van der Waals surface area contributed by atoms with Crippen LogP contribution in [0.15, 0.2) is 66.8 Å². The van der Waals surface area contributed by atoms with Gasteiger partial charge in [-0.1, -0.05) is 12.1 Å². The van der Waals surface area contributed by atoms with Crippen LogP contribution in [0.5, 0.6) is 17.2 Å². The lowest BCUT2D eigenvalue weighted by atomic mass is 9.95. The molecule has 0 spiro atoms. The molecule has 9 nitrogen and oxygen atoms in total. The van der Waals surface area contributed by atoms with E-state index in [-0.39, 0.29) is 11.3 Å². The number of ether oxygens (including phenoxy) is 3. The molecule has 1 aromatic heterocycles. The molecule has 35 heavy (non-hydrogen) atoms. The molecule has 3 aromatic rings. The Balaban J connectivity index is 1.53. The third-order valence-electron chi connectivity index (χ3n) is 6.16. The number of amides is 1. The molecule has 2 aromatic carbocycles. The molecule has 0 saturated carbocycles. The summed E-state index contributed by atoms with van der Waals surface area (Å²) in [5.41, 5.74) is 1.12. The van der Waals surface area contributed by atoms with Gasteiger partial charge in [-0.2, -0.15) is 0 Å². The van der Waals surface area contributed by atoms with Crippen LogP contribution in [0.1, 0.15) is 23.6 Å². The van der Waals surface area contributed by atoms with Crippen LogP contribution in [-0.2, 0) is 16.1 Å². The van der Waals surface area contributed by atoms with Crippen LogP contribution in [-0.4, -0.2) is 58.1 Å². The first-order chi connectivity index (χ1) is 17.1. The van der Waals surface area contributed by atoms with E-state index in [0.717, 1.165) is 0 Å². The van der Waals surface area contributed by atoms with Crippen molar-refractivity contribution in [1.29, 1.82) is 0 Å². The van der Waals surface area contributed by atoms with E-state index in [0.29, 0.717) is 61.1 Å². The summed E-state index contributed by atoms with van der Waals surface area (Å²) < 4.78 is 18.4. The second kappa shape index (κ2) is 9.54. The summed E-state index contributed by atoms with van der Waals surface area (Å²) in [5, 5.41) is 11.3. The van der Waals surface area contributed by atoms with Crippen LogP contribution in [0, 0.1) is 0 Å². The summed E-state index contributed by atoms with van der Waals surface area (Å²) in [6, 6.07) is 11.4. The van der Waals surface area contributed by atoms with Gasteiger partial charge >= 0.3 is 0 Å². The molecule has 1 unspecified atom stereocenters. The third kappa shape index (κ3) is 4.32. The maximum absolute atomic E-state index is 13.2. The van der Waals surface area contributed by atoms with Crippen molar-refractivity contribution in [3.8, 4) is 17.2 Å². The average molecular weight is 476 g/mol. The van der Waals surface area contributed by atoms with Crippen LogP contribution in [0.3, 0.4) is 0 Å². The molecular weight excluding hydrogens is 450 g/mol. The number of imidazole rings is 1. The van der Waals surface area contributed by atoms with E-state index in [2.05, 4.69) is 4.98 Å². The molecule has 5 rings (SSSR count). The molecule has 2 aliphatic heterocycles. The van der Waals surface area contributed by atoms with Gasteiger partial charge in [0, 0.05) is 31.0 Å². The number of aromatic nitrogens is 2. The Hall–Kier alpha value is -4.27. The fourth-order valence-corrected chi connectivity index (χ4v) is 4.43. The molecule has 1 fully saturated rings. The van der Waals surface area contributed by atoms with Crippen molar-refractivity contribution < 1.29 is 28.9 Å². The number of carbonyl (C=O) groups is 2. The number of benzene rings is 2. The van der Waals surface area contributed by atoms with Crippen molar-refractivity contribution in [2.24, 2.45) is 0 Å². The third-order valence-corrected chi connectivity index (χ3v) is 6.16. The maximum Gasteiger partial charge on any atom is 0.295 e. The van der Waals surface area contributed by atoms with Crippen LogP contribution < -0.4 is 14.2 Å². The summed E-state index contributed by atoms with van der Waals surface area (Å²) in [7, 11) is 1.57. The van der Waals surface area contributed by atoms with Crippen molar-refractivity contribution in [2.75, 3.05) is 26.9 Å². The number of hydrogen-bond donors (Lipinski definition) is 1. The van der Waals surface area contributed by atoms with Gasteiger partial charge in [0.2, 0.25) is 0 Å². The smallest absolute Gasteiger partial charge is 0.295 e. The number of methoxy groups -OCH3 is 1. The quantitative estimate of drug-likeness (QED) is 0.318. The highest BCUT2D eigenvalue weighted by atomic mass is 16.6. The van der Waals surface area contributed by atoms with Crippen molar-refractivity contribution in [3.63, 3.8) is 0 Å². The highest BCUT2D eigenvalue weighted by Crippen LogP contribution is 2.41. The molecule has 1 atom stereocenters. The van der Waals surface area contributed by atoms with Crippen LogP contribution in [0.4, 0.5) is 0 Å². The minimum atomic E-state index is -0.739. The van der Waals surface area contributed by atoms with Gasteiger partial charge in [-0.15, -0.1) is 0 Å². The highest BCUT2D eigenvalue weighted by Gasteiger charge is 2.45. The largest absolute Gasteiger partial charge is 0.507 e. The van der Waals surface area contributed by atoms with Crippen LogP contribution in [0.2, 0.25) is 0 Å². The number of aryl methyl sites for hydroxylation is 1. The molecule has 0 bridgehead atoms. The number of ketones is 1. The molecule has 1 saturated heterocycles. The summed E-state index contributed by atoms with van der Waals surface area (Å²) in [6.07, 6.45) is 5.85. The van der Waals surface area contributed by atoms with E-state index in [1.807, 2.05) is 10.8 Å². The second-order valence-electron chi connectivity index (χ2n) is 8.28. The van der Waals surface area contributed by atoms with Gasteiger partial charge in [0.1, 0.15) is 24.7 Å². The summed E-state index contributed by atoms with van der Waals surface area (Å²) in [5.74, 6) is 0.0857. The van der Waals surface area contributed by atoms with E-state index >= 15 is 0 Å². The second-order valence-corrected chi connectivity index (χ2v) is 8.28. The van der Waals surface area contributed by atoms with Crippen molar-refractivity contribution in [3.05, 3.63) is 77.9 Å². The molecule has 3 heterocycles. The van der Waals surface area contributed by atoms with Crippen LogP contribution >= 0.6 is 0 Å². The fraction of sp³-hybridized carbons (Fsp3) is 0.269. The minimum absolute atomic E-state index is 0.0412. The highest BCUT2D eigenvalue weighted by molar-refractivity contribution is 6.46. The van der Waals surface area contributed by atoms with E-state index in [9.17, 15) is 14.7 Å². The number of nitrogens with zero attached hydrogens (tertiary/aromatic N) is 3. The van der Waals surface area contributed by atoms with Crippen molar-refractivity contribution >= 4 is 17.4 Å². The van der Waals surface area contributed by atoms with E-state index in [1.54, 1.807) is 62.1 Å². The number of aliphatic hydroxyl groups is 1. The average Bonchev–Trinajstić information content (AvgIpc) is 3.50. The molecule has 0 radical (unpaired) electrons. The lowest BCUT2D eigenvalue weighted by molar-refractivity contribution is -0.139. The standard InChI is InChI=1S/C26H25N3O6/c1-33-19-6-3-17(4-7-19)23-22(24(30)18-5-8-20-21(15-18)35-14-13-34-20)25(31)26(32)29(23)11-2-10-28-12-9-27-16-28/h3-9,12,15-16,23,30H,2,10-11,13-14H2,1H3/b24-22-. The summed E-state index contributed by atoms with van der Waals surface area (Å²) >= 11 is 0. The molecule has 1 N–H and O–H groups in total. The van der Waals surface area contributed by atoms with Gasteiger partial charge in [-0.05, 0) is 42.3 Å². The Bertz CT molecular complexity index is 1270. The molecule has 0 aliphatic carbocycles. The zero-order valence-electron chi connectivity index (χ0n) is 19.2. The molecular formula is C26H25N3O6. The number of Topliss-reactive ketones (excluding diaryl/α,β-unsaturated/α-hetero) is 1. The predicted molar refractivity (Wildman–Crippen MR) is 126 cm³/mol. The van der Waals surface area contributed by atoms with Gasteiger partial charge < -0.3 is 28.8 Å². The lowest BCUT2D eigenvalue weighted by Crippen LogP contribution is -2.31. The topological polar surface area (TPSA) is 103 Å². The summed E-state index contributed by atoms with van der Waals surface area (Å²) in [6.45, 7) is 1.81. The Labute approximate surface area is 202 Å². The first-order valence-electron chi connectivity index (χ1n) is 11.3. The normalized spacial score (nSPS) is 18.7. The first kappa shape index (κ1) is 22.5. The zero-order valence-corrected chi connectivity index (χ0v) is 19.2. The molecule has 9 heteroatoms. The van der Waals surface area contributed by atoms with E-state index in [1.165, 1.54) is 4.90 Å². The molecule has 2 aliphatic rings. The monoisotopic (exact) mass is 475 g/mol. The Kier molecular flexibility index (Phi) is 6.13. The van der Waals surface area contributed by atoms with E-state index < -0.39 is 17.7 Å². The van der Waals surface area contributed by atoms with Gasteiger partial charge in [0.25, 0.3) is 11.7 Å². The summed E-state index contributed by atoms with van der Waals surface area (Å²) in [4.78, 5) is 31.9. The predicted octanol–water partition coefficient (Wildman–Crippen LogP) is 3.17. The van der Waals surface area contributed by atoms with Crippen molar-refractivity contribution in [1.82, 2.24) is 14.5 Å². The van der Waals surface area contributed by atoms with E-state index in [4.69, 9.17) is 14.2 Å². The molecule has 180 valence electrons. The number of hydrogen-bond acceptors (Lipinski definition) is 7. The molecule has 1 amide bonds. The van der Waals surface area contributed by atoms with Gasteiger partial charge in [-0.25, -0.2) is 4.98 Å². The number of fused-ring (bicyclic) bond motifs is 1. The van der Waals surface area contributed by atoms with Gasteiger partial charge in [-0.3, -0.25) is 9.59 Å². The maximum atomic E-state index is 13.2.